The molecule has 1 amide bonds. The summed E-state index contributed by atoms with van der Waals surface area (Å²) in [6, 6.07) is 9.01. The Bertz CT molecular complexity index is 1230. The lowest BCUT2D eigenvalue weighted by Gasteiger charge is -2.07. The summed E-state index contributed by atoms with van der Waals surface area (Å²) in [6.07, 6.45) is 1.46. The molecule has 0 saturated heterocycles. The quantitative estimate of drug-likeness (QED) is 0.585. The van der Waals surface area contributed by atoms with E-state index in [4.69, 9.17) is 11.6 Å². The smallest absolute Gasteiger partial charge is 0.274 e. The van der Waals surface area contributed by atoms with Crippen LogP contribution in [0.1, 0.15) is 12.6 Å². The molecule has 0 bridgehead atoms. The molecule has 4 aromatic rings. The van der Waals surface area contributed by atoms with E-state index in [0.717, 1.165) is 21.5 Å². The van der Waals surface area contributed by atoms with Gasteiger partial charge in [-0.2, -0.15) is 5.10 Å². The van der Waals surface area contributed by atoms with Crippen LogP contribution in [0, 0.1) is 6.92 Å². The Kier molecular flexibility index (Phi) is 3.69. The van der Waals surface area contributed by atoms with Crippen LogP contribution < -0.4 is 11.0 Å². The predicted octanol–water partition coefficient (Wildman–Crippen LogP) is 2.16. The van der Waals surface area contributed by atoms with Crippen molar-refractivity contribution < 1.29 is 4.79 Å². The van der Waals surface area contributed by atoms with Crippen LogP contribution in [-0.2, 0) is 4.79 Å². The molecule has 0 unspecified atom stereocenters. The Morgan fingerprint density at radius 1 is 1.15 bits per heavy atom. The van der Waals surface area contributed by atoms with Gasteiger partial charge in [-0.15, -0.1) is 10.2 Å². The fraction of sp³-hybridized carbons (Fsp3) is 0.118. The van der Waals surface area contributed by atoms with Crippen LogP contribution >= 0.6 is 11.6 Å². The van der Waals surface area contributed by atoms with E-state index in [-0.39, 0.29) is 11.4 Å². The second-order valence-corrected chi connectivity index (χ2v) is 6.23. The molecule has 3 aromatic heterocycles. The summed E-state index contributed by atoms with van der Waals surface area (Å²) in [5, 5.41) is 13.4. The first kappa shape index (κ1) is 16.2. The third-order valence-electron chi connectivity index (χ3n) is 3.97. The summed E-state index contributed by atoms with van der Waals surface area (Å²) in [7, 11) is 0. The van der Waals surface area contributed by atoms with Gasteiger partial charge in [0.25, 0.3) is 5.56 Å². The van der Waals surface area contributed by atoms with Gasteiger partial charge < -0.3 is 0 Å². The molecule has 0 spiro atoms. The molecule has 0 aliphatic carbocycles. The van der Waals surface area contributed by atoms with E-state index in [1.54, 1.807) is 22.7 Å². The zero-order valence-electron chi connectivity index (χ0n) is 13.9. The van der Waals surface area contributed by atoms with Crippen molar-refractivity contribution in [2.45, 2.75) is 13.8 Å². The van der Waals surface area contributed by atoms with E-state index in [0.29, 0.717) is 16.2 Å². The first-order valence-electron chi connectivity index (χ1n) is 7.76. The van der Waals surface area contributed by atoms with Gasteiger partial charge in [-0.25, -0.2) is 9.19 Å². The maximum atomic E-state index is 12.5. The molecule has 0 aliphatic rings. The lowest BCUT2D eigenvalue weighted by Crippen LogP contribution is -2.32. The van der Waals surface area contributed by atoms with E-state index in [1.807, 2.05) is 19.1 Å². The zero-order valence-corrected chi connectivity index (χ0v) is 14.7. The van der Waals surface area contributed by atoms with Gasteiger partial charge >= 0.3 is 0 Å². The van der Waals surface area contributed by atoms with E-state index in [2.05, 4.69) is 20.7 Å². The van der Waals surface area contributed by atoms with Crippen molar-refractivity contribution in [1.29, 1.82) is 0 Å². The third-order valence-corrected chi connectivity index (χ3v) is 4.22. The number of halogens is 1. The first-order valence-corrected chi connectivity index (χ1v) is 8.14. The highest BCUT2D eigenvalue weighted by Crippen LogP contribution is 2.28. The molecule has 8 nitrogen and oxygen atoms in total. The van der Waals surface area contributed by atoms with Gasteiger partial charge in [-0.1, -0.05) is 23.7 Å². The Labute approximate surface area is 152 Å². The lowest BCUT2D eigenvalue weighted by molar-refractivity contribution is -0.115. The molecular weight excluding hydrogens is 356 g/mol. The number of hydrogen-bond donors (Lipinski definition) is 1. The normalized spacial score (nSPS) is 11.2. The number of rotatable bonds is 2. The number of benzene rings is 1. The standard InChI is InChI=1S/C17H13ClN6O2/c1-9-14(11-3-5-12(18)6-4-11)16-20-19-15-13(24(16)21-9)7-8-23(17(15)26)22-10(2)25/h3-8H,1-2H3,(H,22,25). The van der Waals surface area contributed by atoms with Crippen LogP contribution in [-0.4, -0.2) is 30.4 Å². The second-order valence-electron chi connectivity index (χ2n) is 5.80. The minimum atomic E-state index is -0.478. The van der Waals surface area contributed by atoms with Gasteiger partial charge in [-0.05, 0) is 30.7 Å². The molecular formula is C17H13ClN6O2. The van der Waals surface area contributed by atoms with Crippen molar-refractivity contribution in [3.05, 3.63) is 57.6 Å². The molecule has 3 heterocycles. The number of carbonyl (C=O) groups is 1. The Morgan fingerprint density at radius 3 is 2.58 bits per heavy atom. The summed E-state index contributed by atoms with van der Waals surface area (Å²) in [4.78, 5) is 23.7. The van der Waals surface area contributed by atoms with Gasteiger partial charge in [-0.3, -0.25) is 15.0 Å². The largest absolute Gasteiger partial charge is 0.299 e. The first-order chi connectivity index (χ1) is 12.5. The molecule has 0 saturated carbocycles. The molecule has 1 aromatic carbocycles. The number of nitrogens with one attached hydrogen (secondary N) is 1. The number of pyridine rings is 1. The number of carbonyl (C=O) groups excluding carboxylic acids is 1. The molecule has 26 heavy (non-hydrogen) atoms. The Morgan fingerprint density at radius 2 is 1.88 bits per heavy atom. The van der Waals surface area contributed by atoms with Crippen LogP contribution in [0.4, 0.5) is 0 Å². The van der Waals surface area contributed by atoms with Crippen molar-refractivity contribution in [3.63, 3.8) is 0 Å². The van der Waals surface area contributed by atoms with Crippen molar-refractivity contribution in [2.75, 3.05) is 5.43 Å². The van der Waals surface area contributed by atoms with Crippen LogP contribution in [0.15, 0.2) is 41.3 Å². The predicted molar refractivity (Wildman–Crippen MR) is 97.8 cm³/mol. The number of nitrogens with zero attached hydrogens (tertiary/aromatic N) is 5. The molecule has 4 rings (SSSR count). The minimum Gasteiger partial charge on any atom is -0.274 e. The van der Waals surface area contributed by atoms with Crippen molar-refractivity contribution in [3.8, 4) is 11.1 Å². The van der Waals surface area contributed by atoms with E-state index < -0.39 is 5.56 Å². The fourth-order valence-corrected chi connectivity index (χ4v) is 2.99. The highest BCUT2D eigenvalue weighted by Gasteiger charge is 2.17. The average molecular weight is 369 g/mol. The molecule has 9 heteroatoms. The SMILES string of the molecule is CC(=O)Nn1ccc2c(nnc3c(-c4ccc(Cl)cc4)c(C)nn32)c1=O. The topological polar surface area (TPSA) is 94.2 Å². The molecule has 1 N–H and O–H groups in total. The maximum absolute atomic E-state index is 12.5. The summed E-state index contributed by atoms with van der Waals surface area (Å²) >= 11 is 5.96. The van der Waals surface area contributed by atoms with E-state index in [1.165, 1.54) is 13.1 Å². The summed E-state index contributed by atoms with van der Waals surface area (Å²) < 4.78 is 2.66. The van der Waals surface area contributed by atoms with Gasteiger partial charge in [0.1, 0.15) is 5.52 Å². The van der Waals surface area contributed by atoms with E-state index >= 15 is 0 Å². The van der Waals surface area contributed by atoms with Gasteiger partial charge in [0.05, 0.1) is 11.3 Å². The molecule has 0 aliphatic heterocycles. The molecule has 0 fully saturated rings. The van der Waals surface area contributed by atoms with E-state index in [9.17, 15) is 9.59 Å². The monoisotopic (exact) mass is 368 g/mol. The van der Waals surface area contributed by atoms with Gasteiger partial charge in [0, 0.05) is 18.1 Å². The lowest BCUT2D eigenvalue weighted by atomic mass is 10.1. The van der Waals surface area contributed by atoms with Gasteiger partial charge in [0.15, 0.2) is 11.2 Å². The average Bonchev–Trinajstić information content (AvgIpc) is 2.94. The third kappa shape index (κ3) is 2.51. The fourth-order valence-electron chi connectivity index (χ4n) is 2.87. The minimum absolute atomic E-state index is 0.110. The van der Waals surface area contributed by atoms with Gasteiger partial charge in [0.2, 0.25) is 5.91 Å². The van der Waals surface area contributed by atoms with Crippen molar-refractivity contribution in [1.82, 2.24) is 24.5 Å². The van der Waals surface area contributed by atoms with Crippen molar-refractivity contribution in [2.24, 2.45) is 0 Å². The van der Waals surface area contributed by atoms with Crippen LogP contribution in [0.2, 0.25) is 5.02 Å². The summed E-state index contributed by atoms with van der Waals surface area (Å²) in [5.74, 6) is -0.361. The van der Waals surface area contributed by atoms with Crippen LogP contribution in [0.25, 0.3) is 27.8 Å². The Balaban J connectivity index is 1.99. The number of aromatic nitrogens is 5. The molecule has 130 valence electrons. The highest BCUT2D eigenvalue weighted by molar-refractivity contribution is 6.30. The number of hydrogen-bond acceptors (Lipinski definition) is 5. The molecule has 0 radical (unpaired) electrons. The molecule has 0 atom stereocenters. The van der Waals surface area contributed by atoms with Crippen molar-refractivity contribution >= 4 is 34.2 Å². The zero-order chi connectivity index (χ0) is 18.4. The Hall–Kier alpha value is -3.26. The number of amides is 1. The van der Waals surface area contributed by atoms with Crippen LogP contribution in [0.3, 0.4) is 0 Å². The highest BCUT2D eigenvalue weighted by atomic mass is 35.5. The maximum Gasteiger partial charge on any atom is 0.299 e. The number of aryl methyl sites for hydroxylation is 1. The van der Waals surface area contributed by atoms with Crippen LogP contribution in [0.5, 0.6) is 0 Å². The summed E-state index contributed by atoms with van der Waals surface area (Å²) in [6.45, 7) is 3.18. The number of fused-ring (bicyclic) bond motifs is 3. The summed E-state index contributed by atoms with van der Waals surface area (Å²) in [5.41, 5.74) is 5.56. The second kappa shape index (κ2) is 5.92.